The molecule has 96 valence electrons. The van der Waals surface area contributed by atoms with E-state index in [2.05, 4.69) is 0 Å². The van der Waals surface area contributed by atoms with E-state index in [1.54, 1.807) is 19.1 Å². The third-order valence-corrected chi connectivity index (χ3v) is 4.07. The van der Waals surface area contributed by atoms with E-state index in [1.165, 1.54) is 0 Å². The first kappa shape index (κ1) is 13.7. The normalized spacial score (nSPS) is 34.3. The highest BCUT2D eigenvalue weighted by molar-refractivity contribution is 5.81. The fraction of sp³-hybridized carbons (Fsp3) is 0.692. The molecule has 1 aliphatic rings. The van der Waals surface area contributed by atoms with Gasteiger partial charge in [-0.25, -0.2) is 0 Å². The number of hydrogen-bond acceptors (Lipinski definition) is 2. The van der Waals surface area contributed by atoms with Crippen molar-refractivity contribution >= 4 is 11.9 Å². The van der Waals surface area contributed by atoms with Crippen LogP contribution in [-0.4, -0.2) is 22.2 Å². The zero-order valence-corrected chi connectivity index (χ0v) is 10.6. The molecule has 2 N–H and O–H groups in total. The summed E-state index contributed by atoms with van der Waals surface area (Å²) in [5.74, 6) is -1.92. The van der Waals surface area contributed by atoms with E-state index in [9.17, 15) is 19.8 Å². The number of hydrogen-bond donors (Lipinski definition) is 2. The first-order valence-electron chi connectivity index (χ1n) is 5.93. The Morgan fingerprint density at radius 2 is 1.94 bits per heavy atom. The van der Waals surface area contributed by atoms with Crippen LogP contribution in [0.4, 0.5) is 0 Å². The van der Waals surface area contributed by atoms with Crippen LogP contribution in [0.5, 0.6) is 0 Å². The van der Waals surface area contributed by atoms with E-state index < -0.39 is 22.8 Å². The first-order valence-corrected chi connectivity index (χ1v) is 5.93. The molecule has 0 aliphatic heterocycles. The molecule has 0 fully saturated rings. The molecule has 4 heteroatoms. The van der Waals surface area contributed by atoms with Crippen molar-refractivity contribution in [1.29, 1.82) is 0 Å². The maximum Gasteiger partial charge on any atom is 0.313 e. The molecule has 0 aromatic rings. The molecule has 3 atom stereocenters. The Morgan fingerprint density at radius 3 is 2.35 bits per heavy atom. The molecule has 0 spiro atoms. The van der Waals surface area contributed by atoms with Crippen molar-refractivity contribution in [2.75, 3.05) is 0 Å². The SMILES string of the molecule is CCC(C)C1(C(=O)O)C=CCC(C)(C(=O)O)C1. The Labute approximate surface area is 101 Å². The fourth-order valence-electron chi connectivity index (χ4n) is 2.53. The second-order valence-electron chi connectivity index (χ2n) is 5.30. The number of carboxylic acid groups (broad SMARTS) is 2. The molecule has 0 aromatic carbocycles. The molecule has 0 bridgehead atoms. The second kappa shape index (κ2) is 4.51. The van der Waals surface area contributed by atoms with Crippen LogP contribution in [0.25, 0.3) is 0 Å². The minimum absolute atomic E-state index is 0.0739. The maximum absolute atomic E-state index is 11.5. The molecule has 0 amide bonds. The van der Waals surface area contributed by atoms with Crippen molar-refractivity contribution in [2.45, 2.75) is 40.0 Å². The van der Waals surface area contributed by atoms with E-state index in [0.717, 1.165) is 0 Å². The molecule has 1 aliphatic carbocycles. The summed E-state index contributed by atoms with van der Waals surface area (Å²) in [7, 11) is 0. The van der Waals surface area contributed by atoms with Crippen LogP contribution in [0, 0.1) is 16.7 Å². The molecule has 4 nitrogen and oxygen atoms in total. The molecule has 0 saturated heterocycles. The van der Waals surface area contributed by atoms with Crippen LogP contribution in [0.3, 0.4) is 0 Å². The van der Waals surface area contributed by atoms with E-state index in [4.69, 9.17) is 0 Å². The Kier molecular flexibility index (Phi) is 3.65. The van der Waals surface area contributed by atoms with Gasteiger partial charge in [-0.1, -0.05) is 32.4 Å². The molecular formula is C13H20O4. The Morgan fingerprint density at radius 1 is 1.35 bits per heavy atom. The molecule has 0 saturated carbocycles. The van der Waals surface area contributed by atoms with E-state index >= 15 is 0 Å². The Bertz CT molecular complexity index is 360. The lowest BCUT2D eigenvalue weighted by Gasteiger charge is -2.41. The second-order valence-corrected chi connectivity index (χ2v) is 5.30. The molecular weight excluding hydrogens is 220 g/mol. The predicted octanol–water partition coefficient (Wildman–Crippen LogP) is 2.54. The van der Waals surface area contributed by atoms with Crippen molar-refractivity contribution in [3.8, 4) is 0 Å². The quantitative estimate of drug-likeness (QED) is 0.740. The molecule has 3 unspecified atom stereocenters. The lowest BCUT2D eigenvalue weighted by molar-refractivity contribution is -0.158. The van der Waals surface area contributed by atoms with E-state index in [1.807, 2.05) is 13.8 Å². The minimum Gasteiger partial charge on any atom is -0.481 e. The van der Waals surface area contributed by atoms with Crippen LogP contribution in [0.2, 0.25) is 0 Å². The van der Waals surface area contributed by atoms with E-state index in [0.29, 0.717) is 12.8 Å². The fourth-order valence-corrected chi connectivity index (χ4v) is 2.53. The van der Waals surface area contributed by atoms with Gasteiger partial charge in [0, 0.05) is 0 Å². The largest absolute Gasteiger partial charge is 0.481 e. The summed E-state index contributed by atoms with van der Waals surface area (Å²) in [5.41, 5.74) is -2.02. The first-order chi connectivity index (χ1) is 7.78. The van der Waals surface area contributed by atoms with Gasteiger partial charge in [-0.2, -0.15) is 0 Å². The highest BCUT2D eigenvalue weighted by Crippen LogP contribution is 2.48. The lowest BCUT2D eigenvalue weighted by atomic mass is 9.61. The van der Waals surface area contributed by atoms with Gasteiger partial charge in [0.2, 0.25) is 0 Å². The summed E-state index contributed by atoms with van der Waals surface area (Å²) >= 11 is 0. The summed E-state index contributed by atoms with van der Waals surface area (Å²) in [5, 5.41) is 18.7. The van der Waals surface area contributed by atoms with Crippen molar-refractivity contribution in [2.24, 2.45) is 16.7 Å². The van der Waals surface area contributed by atoms with Gasteiger partial charge in [-0.3, -0.25) is 9.59 Å². The van der Waals surface area contributed by atoms with Gasteiger partial charge >= 0.3 is 11.9 Å². The summed E-state index contributed by atoms with van der Waals surface area (Å²) < 4.78 is 0. The number of carbonyl (C=O) groups is 2. The molecule has 17 heavy (non-hydrogen) atoms. The van der Waals surface area contributed by atoms with Gasteiger partial charge in [0.1, 0.15) is 0 Å². The van der Waals surface area contributed by atoms with Gasteiger partial charge in [0.05, 0.1) is 10.8 Å². The number of rotatable bonds is 4. The van der Waals surface area contributed by atoms with Crippen LogP contribution in [0.1, 0.15) is 40.0 Å². The number of aliphatic carboxylic acids is 2. The molecule has 0 radical (unpaired) electrons. The minimum atomic E-state index is -1.04. The van der Waals surface area contributed by atoms with Crippen molar-refractivity contribution < 1.29 is 19.8 Å². The van der Waals surface area contributed by atoms with Crippen LogP contribution >= 0.6 is 0 Å². The summed E-state index contributed by atoms with van der Waals surface area (Å²) in [6.07, 6.45) is 4.67. The van der Waals surface area contributed by atoms with Crippen molar-refractivity contribution in [3.05, 3.63) is 12.2 Å². The summed E-state index contributed by atoms with van der Waals surface area (Å²) in [4.78, 5) is 22.8. The Balaban J connectivity index is 3.18. The van der Waals surface area contributed by atoms with Crippen molar-refractivity contribution in [3.63, 3.8) is 0 Å². The van der Waals surface area contributed by atoms with Crippen molar-refractivity contribution in [1.82, 2.24) is 0 Å². The maximum atomic E-state index is 11.5. The van der Waals surface area contributed by atoms with E-state index in [-0.39, 0.29) is 12.3 Å². The zero-order valence-electron chi connectivity index (χ0n) is 10.6. The zero-order chi connectivity index (χ0) is 13.3. The summed E-state index contributed by atoms with van der Waals surface area (Å²) in [6.45, 7) is 5.42. The van der Waals surface area contributed by atoms with Gasteiger partial charge < -0.3 is 10.2 Å². The number of allylic oxidation sites excluding steroid dienone is 1. The van der Waals surface area contributed by atoms with Crippen LogP contribution < -0.4 is 0 Å². The lowest BCUT2D eigenvalue weighted by Crippen LogP contribution is -2.45. The third-order valence-electron chi connectivity index (χ3n) is 4.07. The molecule has 0 heterocycles. The number of carboxylic acids is 2. The third kappa shape index (κ3) is 2.21. The van der Waals surface area contributed by atoms with Gasteiger partial charge in [-0.05, 0) is 25.7 Å². The van der Waals surface area contributed by atoms with Crippen LogP contribution in [0.15, 0.2) is 12.2 Å². The van der Waals surface area contributed by atoms with Gasteiger partial charge in [0.25, 0.3) is 0 Å². The topological polar surface area (TPSA) is 74.6 Å². The Hall–Kier alpha value is -1.32. The smallest absolute Gasteiger partial charge is 0.313 e. The average Bonchev–Trinajstić information content (AvgIpc) is 2.27. The van der Waals surface area contributed by atoms with Crippen LogP contribution in [-0.2, 0) is 9.59 Å². The average molecular weight is 240 g/mol. The van der Waals surface area contributed by atoms with Gasteiger partial charge in [-0.15, -0.1) is 0 Å². The highest BCUT2D eigenvalue weighted by atomic mass is 16.4. The monoisotopic (exact) mass is 240 g/mol. The molecule has 0 aromatic heterocycles. The summed E-state index contributed by atoms with van der Waals surface area (Å²) in [6, 6.07) is 0. The standard InChI is InChI=1S/C13H20O4/c1-4-9(2)13(11(16)17)7-5-6-12(3,8-13)10(14)15/h5,7,9H,4,6,8H2,1-3H3,(H,14,15)(H,16,17). The molecule has 1 rings (SSSR count). The highest BCUT2D eigenvalue weighted by Gasteiger charge is 2.50. The van der Waals surface area contributed by atoms with Gasteiger partial charge in [0.15, 0.2) is 0 Å². The predicted molar refractivity (Wildman–Crippen MR) is 63.6 cm³/mol.